The first-order valence-corrected chi connectivity index (χ1v) is 9.69. The van der Waals surface area contributed by atoms with Gasteiger partial charge in [-0.05, 0) is 29.8 Å². The van der Waals surface area contributed by atoms with Gasteiger partial charge in [0.1, 0.15) is 11.5 Å². The van der Waals surface area contributed by atoms with Gasteiger partial charge in [-0.3, -0.25) is 4.90 Å². The number of hydrogen-bond donors (Lipinski definition) is 0. The molecule has 3 aromatic rings. The lowest BCUT2D eigenvalue weighted by Gasteiger charge is -2.20. The van der Waals surface area contributed by atoms with Crippen molar-refractivity contribution in [2.45, 2.75) is 24.7 Å². The molecule has 0 bridgehead atoms. The molecule has 6 nitrogen and oxygen atoms in total. The normalized spacial score (nSPS) is 12.2. The van der Waals surface area contributed by atoms with E-state index in [4.69, 9.17) is 8.83 Å². The second-order valence-corrected chi connectivity index (χ2v) is 8.30. The molecule has 0 aliphatic heterocycles. The molecule has 0 N–H and O–H groups in total. The second-order valence-electron chi connectivity index (χ2n) is 6.22. The summed E-state index contributed by atoms with van der Waals surface area (Å²) in [6.45, 7) is 1.76. The molecular formula is C19H22N2O4S. The van der Waals surface area contributed by atoms with Crippen LogP contribution in [0.1, 0.15) is 17.1 Å². The van der Waals surface area contributed by atoms with E-state index in [1.807, 2.05) is 30.3 Å². The van der Waals surface area contributed by atoms with E-state index in [2.05, 4.69) is 17.0 Å². The van der Waals surface area contributed by atoms with Crippen LogP contribution in [-0.2, 0) is 29.7 Å². The Morgan fingerprint density at radius 1 is 0.846 bits per heavy atom. The minimum Gasteiger partial charge on any atom is -0.468 e. The number of benzene rings is 1. The average Bonchev–Trinajstić information content (AvgIpc) is 3.28. The lowest BCUT2D eigenvalue weighted by atomic mass is 10.2. The highest BCUT2D eigenvalue weighted by atomic mass is 32.2. The number of nitrogens with zero attached hydrogens (tertiary/aromatic N) is 2. The van der Waals surface area contributed by atoms with Crippen molar-refractivity contribution < 1.29 is 17.3 Å². The fourth-order valence-corrected chi connectivity index (χ4v) is 3.43. The van der Waals surface area contributed by atoms with E-state index in [1.54, 1.807) is 12.3 Å². The van der Waals surface area contributed by atoms with Crippen LogP contribution in [0.3, 0.4) is 0 Å². The highest BCUT2D eigenvalue weighted by Crippen LogP contribution is 2.20. The Bertz CT molecular complexity index is 916. The summed E-state index contributed by atoms with van der Waals surface area (Å²) in [7, 11) is -0.606. The van der Waals surface area contributed by atoms with Crippen LogP contribution in [-0.4, -0.2) is 31.7 Å². The molecule has 0 aliphatic rings. The molecule has 2 aromatic heterocycles. The van der Waals surface area contributed by atoms with Crippen LogP contribution in [0.25, 0.3) is 0 Å². The lowest BCUT2D eigenvalue weighted by molar-refractivity contribution is 0.204. The molecule has 0 fully saturated rings. The summed E-state index contributed by atoms with van der Waals surface area (Å²) in [5.41, 5.74) is 1.16. The van der Waals surface area contributed by atoms with E-state index in [0.29, 0.717) is 25.4 Å². The summed E-state index contributed by atoms with van der Waals surface area (Å²) in [6, 6.07) is 17.1. The second kappa shape index (κ2) is 7.90. The van der Waals surface area contributed by atoms with Crippen LogP contribution in [0.2, 0.25) is 0 Å². The molecule has 0 unspecified atom stereocenters. The molecule has 0 radical (unpaired) electrons. The zero-order chi connectivity index (χ0) is 18.6. The molecule has 7 heteroatoms. The van der Waals surface area contributed by atoms with Gasteiger partial charge in [-0.1, -0.05) is 30.3 Å². The summed E-state index contributed by atoms with van der Waals surface area (Å²) >= 11 is 0. The van der Waals surface area contributed by atoms with E-state index in [1.165, 1.54) is 20.2 Å². The minimum absolute atomic E-state index is 0.0461. The molecular weight excluding hydrogens is 352 g/mol. The number of sulfonamides is 1. The molecule has 0 amide bonds. The van der Waals surface area contributed by atoms with Gasteiger partial charge in [0.2, 0.25) is 5.09 Å². The van der Waals surface area contributed by atoms with E-state index in [-0.39, 0.29) is 5.09 Å². The molecule has 0 saturated carbocycles. The Labute approximate surface area is 153 Å². The Balaban J connectivity index is 1.78. The monoisotopic (exact) mass is 374 g/mol. The van der Waals surface area contributed by atoms with Gasteiger partial charge in [0.05, 0.1) is 19.4 Å². The van der Waals surface area contributed by atoms with Gasteiger partial charge in [0.15, 0.2) is 0 Å². The first-order chi connectivity index (χ1) is 12.4. The van der Waals surface area contributed by atoms with Crippen LogP contribution in [0.4, 0.5) is 0 Å². The SMILES string of the molecule is CN(C)S(=O)(=O)c1ccc(CN(Cc2ccccc2)Cc2ccco2)o1. The Hall–Kier alpha value is -2.35. The van der Waals surface area contributed by atoms with Crippen LogP contribution < -0.4 is 0 Å². The largest absolute Gasteiger partial charge is 0.468 e. The van der Waals surface area contributed by atoms with Crippen molar-refractivity contribution in [3.8, 4) is 0 Å². The molecule has 0 aliphatic carbocycles. The van der Waals surface area contributed by atoms with Gasteiger partial charge in [-0.2, -0.15) is 0 Å². The predicted molar refractivity (Wildman–Crippen MR) is 97.7 cm³/mol. The zero-order valence-electron chi connectivity index (χ0n) is 14.8. The van der Waals surface area contributed by atoms with Gasteiger partial charge < -0.3 is 8.83 Å². The van der Waals surface area contributed by atoms with Gasteiger partial charge in [-0.25, -0.2) is 12.7 Å². The number of rotatable bonds is 8. The van der Waals surface area contributed by atoms with Crippen LogP contribution in [0, 0.1) is 0 Å². The Kier molecular flexibility index (Phi) is 5.61. The van der Waals surface area contributed by atoms with Gasteiger partial charge in [-0.15, -0.1) is 0 Å². The topological polar surface area (TPSA) is 66.9 Å². The molecule has 0 atom stereocenters. The fraction of sp³-hybridized carbons (Fsp3) is 0.263. The van der Waals surface area contributed by atoms with Crippen molar-refractivity contribution in [3.05, 3.63) is 77.9 Å². The summed E-state index contributed by atoms with van der Waals surface area (Å²) in [4.78, 5) is 2.14. The average molecular weight is 374 g/mol. The maximum absolute atomic E-state index is 12.2. The summed E-state index contributed by atoms with van der Waals surface area (Å²) in [5.74, 6) is 1.43. The highest BCUT2D eigenvalue weighted by Gasteiger charge is 2.22. The first kappa shape index (κ1) is 18.4. The van der Waals surface area contributed by atoms with E-state index >= 15 is 0 Å². The van der Waals surface area contributed by atoms with Crippen molar-refractivity contribution >= 4 is 10.0 Å². The summed E-state index contributed by atoms with van der Waals surface area (Å²) in [6.07, 6.45) is 1.64. The van der Waals surface area contributed by atoms with Crippen molar-refractivity contribution in [1.82, 2.24) is 9.21 Å². The quantitative estimate of drug-likeness (QED) is 0.605. The molecule has 138 valence electrons. The zero-order valence-corrected chi connectivity index (χ0v) is 15.6. The lowest BCUT2D eigenvalue weighted by Crippen LogP contribution is -2.22. The van der Waals surface area contributed by atoms with Crippen LogP contribution in [0.5, 0.6) is 0 Å². The summed E-state index contributed by atoms with van der Waals surface area (Å²) < 4.78 is 36.6. The van der Waals surface area contributed by atoms with E-state index < -0.39 is 10.0 Å². The van der Waals surface area contributed by atoms with Crippen molar-refractivity contribution in [2.75, 3.05) is 14.1 Å². The Morgan fingerprint density at radius 2 is 1.58 bits per heavy atom. The third-order valence-electron chi connectivity index (χ3n) is 3.96. The van der Waals surface area contributed by atoms with E-state index in [9.17, 15) is 8.42 Å². The molecule has 0 saturated heterocycles. The van der Waals surface area contributed by atoms with Gasteiger partial charge >= 0.3 is 0 Å². The number of furan rings is 2. The standard InChI is InChI=1S/C19H22N2O4S/c1-20(2)26(22,23)19-11-10-18(25-19)15-21(14-17-9-6-12-24-17)13-16-7-4-3-5-8-16/h3-12H,13-15H2,1-2H3. The van der Waals surface area contributed by atoms with Crippen LogP contribution >= 0.6 is 0 Å². The third-order valence-corrected chi connectivity index (χ3v) is 5.65. The molecule has 1 aromatic carbocycles. The van der Waals surface area contributed by atoms with Crippen molar-refractivity contribution in [2.24, 2.45) is 0 Å². The molecule has 0 spiro atoms. The van der Waals surface area contributed by atoms with Crippen molar-refractivity contribution in [3.63, 3.8) is 0 Å². The minimum atomic E-state index is -3.57. The van der Waals surface area contributed by atoms with Gasteiger partial charge in [0, 0.05) is 20.6 Å². The Morgan fingerprint density at radius 3 is 2.23 bits per heavy atom. The highest BCUT2D eigenvalue weighted by molar-refractivity contribution is 7.88. The third kappa shape index (κ3) is 4.43. The maximum atomic E-state index is 12.2. The fourth-order valence-electron chi connectivity index (χ4n) is 2.61. The van der Waals surface area contributed by atoms with Gasteiger partial charge in [0.25, 0.3) is 10.0 Å². The first-order valence-electron chi connectivity index (χ1n) is 8.25. The molecule has 3 rings (SSSR count). The smallest absolute Gasteiger partial charge is 0.275 e. The van der Waals surface area contributed by atoms with Crippen LogP contribution in [0.15, 0.2) is 74.8 Å². The van der Waals surface area contributed by atoms with E-state index in [0.717, 1.165) is 15.6 Å². The predicted octanol–water partition coefficient (Wildman–Crippen LogP) is 3.33. The molecule has 2 heterocycles. The summed E-state index contributed by atoms with van der Waals surface area (Å²) in [5, 5.41) is -0.0461. The van der Waals surface area contributed by atoms with Crippen molar-refractivity contribution in [1.29, 1.82) is 0 Å². The number of hydrogen-bond acceptors (Lipinski definition) is 5. The maximum Gasteiger partial charge on any atom is 0.275 e. The molecule has 26 heavy (non-hydrogen) atoms.